The maximum absolute atomic E-state index is 12.0. The number of hydrogen-bond donors (Lipinski definition) is 1. The molecule has 1 aromatic carbocycles. The Hall–Kier alpha value is -1.51. The van der Waals surface area contributed by atoms with Crippen molar-refractivity contribution in [2.24, 2.45) is 23.2 Å². The van der Waals surface area contributed by atoms with Gasteiger partial charge in [-0.15, -0.1) is 0 Å². The van der Waals surface area contributed by atoms with Crippen LogP contribution in [-0.2, 0) is 11.2 Å². The number of ether oxygens (including phenoxy) is 1. The molecule has 3 saturated carbocycles. The standard InChI is InChI=1S/C19H27NO2/c1-13-16-11-15(19(16,2)3)12-17(13)22-18(21)20-10-9-14-7-5-4-6-8-14/h4-8,13,15-17H,9-12H2,1-3H3,(H,20,21)/t13-,15+,16+,17-/m0/s1. The first kappa shape index (κ1) is 15.4. The molecular formula is C19H27NO2. The van der Waals surface area contributed by atoms with Crippen molar-refractivity contribution in [2.75, 3.05) is 6.54 Å². The Morgan fingerprint density at radius 2 is 2.00 bits per heavy atom. The van der Waals surface area contributed by atoms with Crippen molar-refractivity contribution in [3.8, 4) is 0 Å². The van der Waals surface area contributed by atoms with Crippen LogP contribution in [0, 0.1) is 23.2 Å². The van der Waals surface area contributed by atoms with Crippen LogP contribution in [0.5, 0.6) is 0 Å². The fourth-order valence-corrected chi connectivity index (χ4v) is 4.39. The zero-order chi connectivity index (χ0) is 15.7. The van der Waals surface area contributed by atoms with Gasteiger partial charge < -0.3 is 10.1 Å². The molecule has 3 nitrogen and oxygen atoms in total. The Labute approximate surface area is 133 Å². The Balaban J connectivity index is 1.43. The van der Waals surface area contributed by atoms with E-state index >= 15 is 0 Å². The molecule has 3 heteroatoms. The van der Waals surface area contributed by atoms with Gasteiger partial charge in [0.05, 0.1) is 0 Å². The summed E-state index contributed by atoms with van der Waals surface area (Å²) >= 11 is 0. The number of benzene rings is 1. The van der Waals surface area contributed by atoms with Crippen molar-refractivity contribution in [3.63, 3.8) is 0 Å². The molecule has 2 bridgehead atoms. The second kappa shape index (κ2) is 5.94. The SMILES string of the molecule is C[C@@H]1[C@@H](OC(=O)NCCc2ccccc2)C[C@H]2C[C@H]1C2(C)C. The van der Waals surface area contributed by atoms with Gasteiger partial charge in [-0.05, 0) is 48.0 Å². The molecule has 0 radical (unpaired) electrons. The molecule has 0 saturated heterocycles. The van der Waals surface area contributed by atoms with E-state index in [0.29, 0.717) is 23.8 Å². The summed E-state index contributed by atoms with van der Waals surface area (Å²) in [6.45, 7) is 7.59. The number of carbonyl (C=O) groups excluding carboxylic acids is 1. The summed E-state index contributed by atoms with van der Waals surface area (Å²) in [5.41, 5.74) is 1.67. The molecule has 1 aromatic rings. The lowest BCUT2D eigenvalue weighted by Crippen LogP contribution is -2.57. The maximum atomic E-state index is 12.0. The average molecular weight is 301 g/mol. The van der Waals surface area contributed by atoms with Gasteiger partial charge in [0.2, 0.25) is 0 Å². The van der Waals surface area contributed by atoms with Gasteiger partial charge in [0.1, 0.15) is 6.10 Å². The number of rotatable bonds is 4. The highest BCUT2D eigenvalue weighted by atomic mass is 16.6. The number of amides is 1. The molecule has 0 aromatic heterocycles. The minimum absolute atomic E-state index is 0.0912. The van der Waals surface area contributed by atoms with Crippen molar-refractivity contribution in [1.82, 2.24) is 5.32 Å². The van der Waals surface area contributed by atoms with E-state index in [1.807, 2.05) is 18.2 Å². The van der Waals surface area contributed by atoms with E-state index in [0.717, 1.165) is 18.8 Å². The van der Waals surface area contributed by atoms with Gasteiger partial charge >= 0.3 is 6.09 Å². The quantitative estimate of drug-likeness (QED) is 0.912. The van der Waals surface area contributed by atoms with Crippen LogP contribution in [0.2, 0.25) is 0 Å². The third kappa shape index (κ3) is 2.86. The molecule has 22 heavy (non-hydrogen) atoms. The molecule has 1 amide bonds. The van der Waals surface area contributed by atoms with Crippen molar-refractivity contribution < 1.29 is 9.53 Å². The number of carbonyl (C=O) groups is 1. The summed E-state index contributed by atoms with van der Waals surface area (Å²) in [4.78, 5) is 12.0. The predicted octanol–water partition coefficient (Wildman–Crippen LogP) is 4.03. The number of alkyl carbamates (subject to hydrolysis) is 1. The van der Waals surface area contributed by atoms with Gasteiger partial charge in [-0.25, -0.2) is 4.79 Å². The van der Waals surface area contributed by atoms with E-state index in [2.05, 4.69) is 38.2 Å². The Morgan fingerprint density at radius 1 is 1.27 bits per heavy atom. The molecule has 1 N–H and O–H groups in total. The average Bonchev–Trinajstić information content (AvgIpc) is 2.49. The summed E-state index contributed by atoms with van der Waals surface area (Å²) in [5, 5.41) is 2.89. The van der Waals surface area contributed by atoms with Crippen molar-refractivity contribution in [2.45, 2.75) is 46.1 Å². The van der Waals surface area contributed by atoms with Crippen molar-refractivity contribution >= 4 is 6.09 Å². The number of fused-ring (bicyclic) bond motifs is 2. The second-order valence-corrected chi connectivity index (χ2v) is 7.56. The highest BCUT2D eigenvalue weighted by Gasteiger charge is 2.57. The summed E-state index contributed by atoms with van der Waals surface area (Å²) in [7, 11) is 0. The van der Waals surface area contributed by atoms with E-state index in [1.54, 1.807) is 0 Å². The van der Waals surface area contributed by atoms with Crippen molar-refractivity contribution in [1.29, 1.82) is 0 Å². The monoisotopic (exact) mass is 301 g/mol. The van der Waals surface area contributed by atoms with Crippen LogP contribution in [0.4, 0.5) is 4.79 Å². The van der Waals surface area contributed by atoms with E-state index in [9.17, 15) is 4.79 Å². The third-order valence-corrected chi connectivity index (χ3v) is 6.07. The number of nitrogens with one attached hydrogen (secondary N) is 1. The van der Waals surface area contributed by atoms with Gasteiger partial charge in [0, 0.05) is 6.54 Å². The van der Waals surface area contributed by atoms with E-state index in [1.165, 1.54) is 12.0 Å². The Bertz CT molecular complexity index is 525. The molecule has 4 rings (SSSR count). The molecule has 3 aliphatic rings. The van der Waals surface area contributed by atoms with Gasteiger partial charge in [0.15, 0.2) is 0 Å². The first-order valence-electron chi connectivity index (χ1n) is 8.47. The van der Waals surface area contributed by atoms with E-state index in [4.69, 9.17) is 4.74 Å². The summed E-state index contributed by atoms with van der Waals surface area (Å²) in [5.74, 6) is 1.89. The van der Waals surface area contributed by atoms with Crippen LogP contribution in [-0.4, -0.2) is 18.7 Å². The van der Waals surface area contributed by atoms with Gasteiger partial charge in [-0.3, -0.25) is 0 Å². The van der Waals surface area contributed by atoms with Crippen LogP contribution < -0.4 is 5.32 Å². The van der Waals surface area contributed by atoms with Crippen LogP contribution in [0.1, 0.15) is 39.2 Å². The minimum atomic E-state index is -0.258. The fraction of sp³-hybridized carbons (Fsp3) is 0.632. The first-order valence-corrected chi connectivity index (χ1v) is 8.47. The van der Waals surface area contributed by atoms with E-state index in [-0.39, 0.29) is 12.2 Å². The predicted molar refractivity (Wildman–Crippen MR) is 87.6 cm³/mol. The first-order chi connectivity index (χ1) is 10.5. The Kier molecular flexibility index (Phi) is 4.16. The van der Waals surface area contributed by atoms with Crippen LogP contribution >= 0.6 is 0 Å². The van der Waals surface area contributed by atoms with E-state index < -0.39 is 0 Å². The molecule has 0 spiro atoms. The number of hydrogen-bond acceptors (Lipinski definition) is 2. The molecule has 3 aliphatic carbocycles. The summed E-state index contributed by atoms with van der Waals surface area (Å²) in [6.07, 6.45) is 3.01. The fourth-order valence-electron chi connectivity index (χ4n) is 4.39. The lowest BCUT2D eigenvalue weighted by molar-refractivity contribution is -0.155. The summed E-state index contributed by atoms with van der Waals surface area (Å²) < 4.78 is 5.69. The van der Waals surface area contributed by atoms with Gasteiger partial charge in [-0.1, -0.05) is 51.1 Å². The third-order valence-electron chi connectivity index (χ3n) is 6.07. The highest BCUT2D eigenvalue weighted by Crippen LogP contribution is 2.61. The van der Waals surface area contributed by atoms with Gasteiger partial charge in [0.25, 0.3) is 0 Å². The smallest absolute Gasteiger partial charge is 0.407 e. The molecule has 0 heterocycles. The maximum Gasteiger partial charge on any atom is 0.407 e. The van der Waals surface area contributed by atoms with Crippen LogP contribution in [0.25, 0.3) is 0 Å². The van der Waals surface area contributed by atoms with Gasteiger partial charge in [-0.2, -0.15) is 0 Å². The molecule has 120 valence electrons. The normalized spacial score (nSPS) is 32.0. The second-order valence-electron chi connectivity index (χ2n) is 7.56. The lowest BCUT2D eigenvalue weighted by atomic mass is 9.45. The molecular weight excluding hydrogens is 274 g/mol. The molecule has 0 aliphatic heterocycles. The molecule has 3 fully saturated rings. The van der Waals surface area contributed by atoms with Crippen LogP contribution in [0.15, 0.2) is 30.3 Å². The minimum Gasteiger partial charge on any atom is -0.446 e. The van der Waals surface area contributed by atoms with Crippen LogP contribution in [0.3, 0.4) is 0 Å². The Morgan fingerprint density at radius 3 is 2.64 bits per heavy atom. The largest absolute Gasteiger partial charge is 0.446 e. The van der Waals surface area contributed by atoms with Crippen molar-refractivity contribution in [3.05, 3.63) is 35.9 Å². The summed E-state index contributed by atoms with van der Waals surface area (Å²) in [6, 6.07) is 10.2. The molecule has 0 unspecified atom stereocenters. The topological polar surface area (TPSA) is 38.3 Å². The lowest BCUT2D eigenvalue weighted by Gasteiger charge is -2.61. The highest BCUT2D eigenvalue weighted by molar-refractivity contribution is 5.67. The molecule has 4 atom stereocenters. The zero-order valence-electron chi connectivity index (χ0n) is 13.8. The zero-order valence-corrected chi connectivity index (χ0v) is 13.8.